The van der Waals surface area contributed by atoms with Crippen molar-refractivity contribution >= 4 is 23.3 Å². The van der Waals surface area contributed by atoms with E-state index in [1.165, 1.54) is 6.92 Å². The molecule has 6 heteroatoms. The predicted molar refractivity (Wildman–Crippen MR) is 95.3 cm³/mol. The average Bonchev–Trinajstić information content (AvgIpc) is 3.00. The molecule has 3 rings (SSSR count). The molecule has 0 aliphatic heterocycles. The first-order valence-electron chi connectivity index (χ1n) is 7.59. The number of hydrogen-bond donors (Lipinski definition) is 1. The van der Waals surface area contributed by atoms with Gasteiger partial charge in [-0.05, 0) is 37.3 Å². The van der Waals surface area contributed by atoms with Crippen LogP contribution in [0.25, 0.3) is 22.6 Å². The van der Waals surface area contributed by atoms with Gasteiger partial charge >= 0.3 is 0 Å². The standard InChI is InChI=1S/C19H15ClN2O3/c1-11(23)8-13-9-12(6-7-22-13)17-10-15(19(21)24)18(25-17)14-4-2-3-5-16(14)20/h2-7,9-10H,8H2,1H3,(H2,21,24). The minimum Gasteiger partial charge on any atom is -0.455 e. The van der Waals surface area contributed by atoms with E-state index in [0.29, 0.717) is 33.4 Å². The topological polar surface area (TPSA) is 86.2 Å². The van der Waals surface area contributed by atoms with E-state index in [-0.39, 0.29) is 17.8 Å². The van der Waals surface area contributed by atoms with Crippen molar-refractivity contribution in [2.45, 2.75) is 13.3 Å². The second kappa shape index (κ2) is 6.91. The van der Waals surface area contributed by atoms with Crippen molar-refractivity contribution in [2.75, 3.05) is 0 Å². The third kappa shape index (κ3) is 3.61. The number of benzene rings is 1. The molecule has 126 valence electrons. The highest BCUT2D eigenvalue weighted by Gasteiger charge is 2.20. The highest BCUT2D eigenvalue weighted by Crippen LogP contribution is 2.36. The number of halogens is 1. The fraction of sp³-hybridized carbons (Fsp3) is 0.105. The second-order valence-electron chi connectivity index (χ2n) is 5.61. The summed E-state index contributed by atoms with van der Waals surface area (Å²) < 4.78 is 5.89. The predicted octanol–water partition coefficient (Wildman–Crippen LogP) is 3.89. The molecule has 0 atom stereocenters. The zero-order valence-corrected chi connectivity index (χ0v) is 14.2. The fourth-order valence-electron chi connectivity index (χ4n) is 2.54. The molecule has 1 amide bonds. The summed E-state index contributed by atoms with van der Waals surface area (Å²) in [5, 5.41) is 0.456. The highest BCUT2D eigenvalue weighted by molar-refractivity contribution is 6.33. The van der Waals surface area contributed by atoms with Gasteiger partial charge in [0.2, 0.25) is 0 Å². The summed E-state index contributed by atoms with van der Waals surface area (Å²) in [5.74, 6) is 0.176. The van der Waals surface area contributed by atoms with Gasteiger partial charge in [-0.15, -0.1) is 0 Å². The van der Waals surface area contributed by atoms with Gasteiger partial charge in [-0.25, -0.2) is 0 Å². The first kappa shape index (κ1) is 16.9. The number of rotatable bonds is 5. The molecule has 3 aromatic rings. The number of furan rings is 1. The molecule has 25 heavy (non-hydrogen) atoms. The van der Waals surface area contributed by atoms with Gasteiger partial charge < -0.3 is 10.2 Å². The lowest BCUT2D eigenvalue weighted by molar-refractivity contribution is -0.116. The number of amides is 1. The third-order valence-electron chi connectivity index (χ3n) is 3.65. The lowest BCUT2D eigenvalue weighted by Crippen LogP contribution is -2.10. The average molecular weight is 355 g/mol. The number of primary amides is 1. The van der Waals surface area contributed by atoms with E-state index in [4.69, 9.17) is 21.8 Å². The maximum Gasteiger partial charge on any atom is 0.252 e. The van der Waals surface area contributed by atoms with E-state index >= 15 is 0 Å². The van der Waals surface area contributed by atoms with Crippen LogP contribution in [0.4, 0.5) is 0 Å². The Labute approximate surface area is 149 Å². The van der Waals surface area contributed by atoms with Crippen molar-refractivity contribution in [3.8, 4) is 22.6 Å². The molecule has 0 saturated heterocycles. The van der Waals surface area contributed by atoms with Crippen molar-refractivity contribution < 1.29 is 14.0 Å². The van der Waals surface area contributed by atoms with Crippen molar-refractivity contribution in [1.29, 1.82) is 0 Å². The highest BCUT2D eigenvalue weighted by atomic mass is 35.5. The Hall–Kier alpha value is -2.92. The number of nitrogens with two attached hydrogens (primary N) is 1. The summed E-state index contributed by atoms with van der Waals surface area (Å²) in [6, 6.07) is 12.1. The molecule has 5 nitrogen and oxygen atoms in total. The first-order valence-corrected chi connectivity index (χ1v) is 7.97. The summed E-state index contributed by atoms with van der Waals surface area (Å²) >= 11 is 6.21. The van der Waals surface area contributed by atoms with Crippen LogP contribution in [-0.2, 0) is 11.2 Å². The van der Waals surface area contributed by atoms with Crippen LogP contribution in [0.3, 0.4) is 0 Å². The zero-order chi connectivity index (χ0) is 18.0. The maximum absolute atomic E-state index is 11.8. The van der Waals surface area contributed by atoms with Crippen LogP contribution >= 0.6 is 11.6 Å². The summed E-state index contributed by atoms with van der Waals surface area (Å²) in [6.45, 7) is 1.50. The molecule has 0 unspecified atom stereocenters. The Balaban J connectivity index is 2.10. The second-order valence-corrected chi connectivity index (χ2v) is 6.02. The first-order chi connectivity index (χ1) is 12.0. The molecule has 0 aliphatic rings. The Morgan fingerprint density at radius 3 is 2.64 bits per heavy atom. The van der Waals surface area contributed by atoms with Crippen molar-refractivity contribution in [1.82, 2.24) is 4.98 Å². The van der Waals surface area contributed by atoms with E-state index in [2.05, 4.69) is 4.98 Å². The summed E-state index contributed by atoms with van der Waals surface area (Å²) in [5.41, 5.74) is 7.65. The summed E-state index contributed by atoms with van der Waals surface area (Å²) in [7, 11) is 0. The Kier molecular flexibility index (Phi) is 4.67. The Morgan fingerprint density at radius 1 is 1.20 bits per heavy atom. The van der Waals surface area contributed by atoms with Gasteiger partial charge in [0.1, 0.15) is 17.3 Å². The van der Waals surface area contributed by atoms with Gasteiger partial charge in [0.15, 0.2) is 0 Å². The maximum atomic E-state index is 11.8. The Bertz CT molecular complexity index is 963. The van der Waals surface area contributed by atoms with Crippen LogP contribution in [0.5, 0.6) is 0 Å². The smallest absolute Gasteiger partial charge is 0.252 e. The van der Waals surface area contributed by atoms with E-state index in [0.717, 1.165) is 0 Å². The normalized spacial score (nSPS) is 10.6. The molecule has 0 saturated carbocycles. The summed E-state index contributed by atoms with van der Waals surface area (Å²) in [4.78, 5) is 27.3. The number of pyridine rings is 1. The molecule has 2 heterocycles. The number of aromatic nitrogens is 1. The monoisotopic (exact) mass is 354 g/mol. The van der Waals surface area contributed by atoms with Crippen LogP contribution in [0, 0.1) is 0 Å². The number of hydrogen-bond acceptors (Lipinski definition) is 4. The number of nitrogens with zero attached hydrogens (tertiary/aromatic N) is 1. The fourth-order valence-corrected chi connectivity index (χ4v) is 2.77. The molecule has 0 aliphatic carbocycles. The number of carbonyl (C=O) groups is 2. The van der Waals surface area contributed by atoms with Crippen LogP contribution in [0.15, 0.2) is 53.1 Å². The number of carbonyl (C=O) groups excluding carboxylic acids is 2. The van der Waals surface area contributed by atoms with Crippen LogP contribution in [0.1, 0.15) is 23.0 Å². The minimum atomic E-state index is -0.608. The lowest BCUT2D eigenvalue weighted by atomic mass is 10.1. The molecule has 2 N–H and O–H groups in total. The van der Waals surface area contributed by atoms with Gasteiger partial charge in [0.25, 0.3) is 5.91 Å². The van der Waals surface area contributed by atoms with Crippen molar-refractivity contribution in [3.05, 3.63) is 64.9 Å². The van der Waals surface area contributed by atoms with Gasteiger partial charge in [-0.2, -0.15) is 0 Å². The minimum absolute atomic E-state index is 0.0127. The molecular formula is C19H15ClN2O3. The van der Waals surface area contributed by atoms with E-state index in [1.54, 1.807) is 48.7 Å². The van der Waals surface area contributed by atoms with Crippen molar-refractivity contribution in [2.24, 2.45) is 5.73 Å². The van der Waals surface area contributed by atoms with Crippen LogP contribution in [-0.4, -0.2) is 16.7 Å². The van der Waals surface area contributed by atoms with Gasteiger partial charge in [0.05, 0.1) is 10.6 Å². The molecule has 0 fully saturated rings. The molecule has 0 bridgehead atoms. The SMILES string of the molecule is CC(=O)Cc1cc(-c2cc(C(N)=O)c(-c3ccccc3Cl)o2)ccn1. The van der Waals surface area contributed by atoms with E-state index in [1.807, 2.05) is 0 Å². The quantitative estimate of drug-likeness (QED) is 0.753. The molecule has 0 spiro atoms. The molecule has 0 radical (unpaired) electrons. The largest absolute Gasteiger partial charge is 0.455 e. The lowest BCUT2D eigenvalue weighted by Gasteiger charge is -2.03. The Morgan fingerprint density at radius 2 is 1.96 bits per heavy atom. The zero-order valence-electron chi connectivity index (χ0n) is 13.5. The molecular weight excluding hydrogens is 340 g/mol. The van der Waals surface area contributed by atoms with Crippen molar-refractivity contribution in [3.63, 3.8) is 0 Å². The number of ketones is 1. The van der Waals surface area contributed by atoms with E-state index < -0.39 is 5.91 Å². The van der Waals surface area contributed by atoms with Gasteiger partial charge in [-0.3, -0.25) is 14.6 Å². The number of Topliss-reactive ketones (excluding diaryl/α,β-unsaturated/α-hetero) is 1. The van der Waals surface area contributed by atoms with Gasteiger partial charge in [0, 0.05) is 29.4 Å². The van der Waals surface area contributed by atoms with Crippen LogP contribution < -0.4 is 5.73 Å². The van der Waals surface area contributed by atoms with Crippen LogP contribution in [0.2, 0.25) is 5.02 Å². The van der Waals surface area contributed by atoms with E-state index in [9.17, 15) is 9.59 Å². The molecule has 2 aromatic heterocycles. The molecule has 1 aromatic carbocycles. The summed E-state index contributed by atoms with van der Waals surface area (Å²) in [6.07, 6.45) is 1.82. The third-order valence-corrected chi connectivity index (χ3v) is 3.98. The van der Waals surface area contributed by atoms with Gasteiger partial charge in [-0.1, -0.05) is 23.7 Å².